The first-order valence-corrected chi connectivity index (χ1v) is 791. The molecule has 124 heteroatoms. The molecule has 0 rings (SSSR count). The normalized spacial score (nSPS) is 19.2. The van der Waals surface area contributed by atoms with E-state index in [1.54, 1.807) is 0 Å². The average Bonchev–Trinajstić information content (AvgIpc) is 0.818. The summed E-state index contributed by atoms with van der Waals surface area (Å²) >= 11 is 215. The van der Waals surface area contributed by atoms with E-state index < -0.39 is 482 Å². The van der Waals surface area contributed by atoms with Crippen molar-refractivity contribution in [1.82, 2.24) is 0 Å². The number of rotatable bonds is 60. The van der Waals surface area contributed by atoms with Crippen LogP contribution < -0.4 is 0 Å². The molecule has 0 fully saturated rings. The molecule has 0 aliphatic carbocycles. The third-order valence-electron chi connectivity index (χ3n) is 4.90. The average molecular weight is 15700 g/mol. The van der Waals surface area contributed by atoms with Gasteiger partial charge < -0.3 is 0 Å². The molecule has 0 heterocycles. The van der Waals surface area contributed by atoms with Gasteiger partial charge in [-0.25, -0.2) is 0 Å². The van der Waals surface area contributed by atoms with Crippen molar-refractivity contribution in [3.05, 3.63) is 0 Å². The minimum atomic E-state index is -0.679. The molecule has 0 N–H and O–H groups in total. The van der Waals surface area contributed by atoms with Crippen LogP contribution in [0.15, 0.2) is 0 Å². The fourth-order valence-corrected chi connectivity index (χ4v) is 24700. The first-order chi connectivity index (χ1) is 56.4. The molecule has 0 atom stereocenters. The predicted molar refractivity (Wildman–Crippen MR) is 1740 cm³/mol. The van der Waals surface area contributed by atoms with E-state index in [0.717, 1.165) is 0 Å². The molecule has 0 aromatic rings. The molecule has 0 unspecified atom stereocenters. The Morgan fingerprint density at radius 1 is 0.0403 bits per heavy atom. The van der Waals surface area contributed by atoms with Crippen molar-refractivity contribution in [2.75, 3.05) is 0 Å². The zero-order chi connectivity index (χ0) is 98.2. The van der Waals surface area contributed by atoms with Crippen LogP contribution in [-0.4, -0.2) is 0 Å². The van der Waals surface area contributed by atoms with Gasteiger partial charge in [0.25, 0.3) is 0 Å². The monoisotopic (exact) mass is 15700 g/mol. The van der Waals surface area contributed by atoms with E-state index in [1.165, 1.54) is 0 Å². The van der Waals surface area contributed by atoms with Crippen LogP contribution in [-0.2, 0) is 0 Å². The maximum absolute atomic E-state index is 3.50. The Morgan fingerprint density at radius 3 is 0.0887 bits per heavy atom. The summed E-state index contributed by atoms with van der Waals surface area (Å²) in [5.74, 6) is 0. The molecule has 0 aromatic heterocycles. The molecule has 0 spiro atoms. The zero-order valence-corrected chi connectivity index (χ0v) is 314. The van der Waals surface area contributed by atoms with Gasteiger partial charge in [0.05, 0.1) is 0 Å². The quantitative estimate of drug-likeness (QED) is 0.0533. The van der Waals surface area contributed by atoms with Crippen LogP contribution in [0.3, 0.4) is 0 Å². The van der Waals surface area contributed by atoms with Crippen molar-refractivity contribution < 1.29 is 0 Å². The van der Waals surface area contributed by atoms with Gasteiger partial charge in [0.15, 0.2) is 0 Å². The van der Waals surface area contributed by atoms with E-state index in [1.807, 2.05) is 0 Å². The molecule has 0 amide bonds. The fraction of sp³-hybridized carbons (Fsp3) is 0. The van der Waals surface area contributed by atoms with Crippen molar-refractivity contribution in [3.8, 4) is 0 Å². The Bertz CT molecular complexity index is 2450. The van der Waals surface area contributed by atoms with Gasteiger partial charge in [-0.3, -0.25) is 0 Å². The van der Waals surface area contributed by atoms with Gasteiger partial charge in [0.1, 0.15) is 0 Å². The second-order valence-electron chi connectivity index (χ2n) is 9.88. The Balaban J connectivity index is 5.97. The van der Waals surface area contributed by atoms with Crippen LogP contribution in [0.25, 0.3) is 0 Å². The molecular formula is I124. The molecule has 0 bridgehead atoms. The predicted octanol–water partition coefficient (Wildman–Crippen LogP) is 110. The third-order valence-corrected chi connectivity index (χ3v) is 9920. The summed E-state index contributed by atoms with van der Waals surface area (Å²) in [6.07, 6.45) is 0. The fourth-order valence-electron chi connectivity index (χ4n) is 1.82. The summed E-state index contributed by atoms with van der Waals surface area (Å²) in [6, 6.07) is 0. The Morgan fingerprint density at radius 2 is 0.0645 bits per heavy atom. The van der Waals surface area contributed by atoms with Crippen molar-refractivity contribution >= 4 is 1650 Å². The van der Waals surface area contributed by atoms with E-state index in [2.05, 4.69) is 1170 Å². The van der Waals surface area contributed by atoms with E-state index in [9.17, 15) is 0 Å². The molecule has 0 saturated heterocycles. The maximum atomic E-state index is 3.50. The van der Waals surface area contributed by atoms with Crippen LogP contribution in [0.1, 0.15) is 0 Å². The first kappa shape index (κ1) is 215. The van der Waals surface area contributed by atoms with Gasteiger partial charge in [0.2, 0.25) is 0 Å². The molecule has 0 saturated carbocycles. The molecule has 0 aliphatic rings. The zero-order valence-electron chi connectivity index (χ0n) is 46.9. The Kier molecular flexibility index (Phi) is 223. The van der Waals surface area contributed by atoms with Crippen LogP contribution in [0, 0.1) is 0 Å². The van der Waals surface area contributed by atoms with Crippen molar-refractivity contribution in [2.45, 2.75) is 0 Å². The SMILES string of the molecule is II(I)I(I)I(I)I(I)I(I)I(I)I(I)I(I)I(I)I(I)I(I)I(I)I(I)I(I)I(I)I(I)I(I)I(I)I(I)I(I)I(I)I(I)I(I)I(I)I(I)I(I)I(I)I(I)I(I)I(I)I(I)I(I)I(I)I(I)I(I)I(I)I(I)I(I)I(I)I(I)I(I)I(I)I(I)I(I)I(I)I(I)I(I)I(I)I(I)I(I)I(I)I(I)I(I)I(I)I(I)I(I)I(I)I(I)I(I)I(I)I(I)I. The summed E-state index contributed by atoms with van der Waals surface area (Å²) in [4.78, 5) is 0. The molecule has 124 heavy (non-hydrogen) atoms. The molecule has 0 aliphatic heterocycles. The molecule has 0 radical (unpaired) electrons. The van der Waals surface area contributed by atoms with Gasteiger partial charge in [-0.2, -0.15) is 0 Å². The van der Waals surface area contributed by atoms with Gasteiger partial charge in [-0.15, -0.1) is 0 Å². The van der Waals surface area contributed by atoms with Crippen LogP contribution in [0.2, 0.25) is 0 Å². The van der Waals surface area contributed by atoms with E-state index in [-0.39, 0.29) is 0 Å². The van der Waals surface area contributed by atoms with E-state index in [4.69, 9.17) is 0 Å². The Labute approximate surface area is 1550 Å². The summed E-state index contributed by atoms with van der Waals surface area (Å²) in [5, 5.41) is 0. The molecule has 0 aromatic carbocycles. The van der Waals surface area contributed by atoms with Crippen molar-refractivity contribution in [3.63, 3.8) is 0 Å². The summed E-state index contributed by atoms with van der Waals surface area (Å²) in [7, 11) is -38.6. The van der Waals surface area contributed by atoms with E-state index in [0.29, 0.717) is 0 Å². The summed E-state index contributed by atoms with van der Waals surface area (Å²) < 4.78 is 0. The van der Waals surface area contributed by atoms with Crippen molar-refractivity contribution in [1.29, 1.82) is 0 Å². The summed E-state index contributed by atoms with van der Waals surface area (Å²) in [6.45, 7) is 0. The first-order valence-electron chi connectivity index (χ1n) is 17.6. The summed E-state index contributed by atoms with van der Waals surface area (Å²) in [5.41, 5.74) is 0. The van der Waals surface area contributed by atoms with Crippen LogP contribution >= 0.6 is 1650 Å². The third kappa shape index (κ3) is 87.0. The van der Waals surface area contributed by atoms with Gasteiger partial charge >= 0.3 is 1650 Å². The second kappa shape index (κ2) is 129. The number of hydrogen-bond donors (Lipinski definition) is 0. The minimum absolute atomic E-state index is 0.496. The molecule has 868 valence electrons. The van der Waals surface area contributed by atoms with E-state index >= 15 is 0 Å². The van der Waals surface area contributed by atoms with Crippen LogP contribution in [0.5, 0.6) is 0 Å². The van der Waals surface area contributed by atoms with Gasteiger partial charge in [0, 0.05) is 0 Å². The molecule has 0 nitrogen and oxygen atoms in total. The number of hydrogen-bond acceptors (Lipinski definition) is 0. The van der Waals surface area contributed by atoms with Crippen molar-refractivity contribution in [2.24, 2.45) is 0 Å². The molecular weight excluding hydrogens is 15700 g/mol. The van der Waals surface area contributed by atoms with Gasteiger partial charge in [-0.1, -0.05) is 0 Å². The second-order valence-corrected chi connectivity index (χ2v) is 2980. The number of halogens is 124. The van der Waals surface area contributed by atoms with Gasteiger partial charge in [-0.05, 0) is 0 Å². The standard InChI is InChI=1S/I124/c1-64(2)66(5)68(7)70(9)72(11)74(13)76(15)78(17)80(19)82(21)84(23)86(25)88(27)90(29)92(31)94(33)96(35)98(37)100(39)102(41)104(43)106(45)108(47)110(49)112(51)114(53)116(55)118(57)120(59)122(61)124(63)123(62)121(60)119(58)117(56)115(54)113(52)111(50)109(48)107(46)105(44)103(42)101(40)99(38)97(36)95(34)93(32)91(30)89(28)87(26)85(24)83(22)81(20)79(18)77(16)75(14)73(12)71(10)69(8)67(6)65(3)4. The van der Waals surface area contributed by atoms with Crippen LogP contribution in [0.4, 0.5) is 0 Å². The Hall–Kier alpha value is 90.5. The topological polar surface area (TPSA) is 0 Å².